The summed E-state index contributed by atoms with van der Waals surface area (Å²) in [5.41, 5.74) is 1.30. The molecule has 2 rings (SSSR count). The van der Waals surface area contributed by atoms with Gasteiger partial charge in [-0.1, -0.05) is 0 Å². The number of thiophene rings is 1. The molecular weight excluding hydrogens is 438 g/mol. The number of anilines is 1. The molecule has 2 aromatic rings. The minimum atomic E-state index is -0.639. The molecule has 27 heavy (non-hydrogen) atoms. The van der Waals surface area contributed by atoms with Gasteiger partial charge in [-0.15, -0.1) is 11.3 Å². The second kappa shape index (κ2) is 8.66. The average molecular weight is 458 g/mol. The predicted octanol–water partition coefficient (Wildman–Crippen LogP) is 3.49. The number of halogens is 1. The number of nitrogens with zero attached hydrogens (tertiary/aromatic N) is 2. The molecule has 2 heterocycles. The van der Waals surface area contributed by atoms with E-state index < -0.39 is 18.0 Å². The van der Waals surface area contributed by atoms with Crippen LogP contribution in [0.3, 0.4) is 0 Å². The molecule has 0 spiro atoms. The number of ether oxygens (including phenoxy) is 2. The predicted molar refractivity (Wildman–Crippen MR) is 104 cm³/mol. The smallest absolute Gasteiger partial charge is 0.348 e. The summed E-state index contributed by atoms with van der Waals surface area (Å²) < 4.78 is 12.1. The fourth-order valence-corrected chi connectivity index (χ4v) is 3.72. The summed E-state index contributed by atoms with van der Waals surface area (Å²) in [6.45, 7) is 7.00. The van der Waals surface area contributed by atoms with Crippen LogP contribution in [0.5, 0.6) is 0 Å². The summed E-state index contributed by atoms with van der Waals surface area (Å²) in [4.78, 5) is 37.2. The molecule has 8 nitrogen and oxygen atoms in total. The van der Waals surface area contributed by atoms with E-state index in [1.165, 1.54) is 11.8 Å². The van der Waals surface area contributed by atoms with Crippen molar-refractivity contribution < 1.29 is 23.9 Å². The van der Waals surface area contributed by atoms with E-state index in [2.05, 4.69) is 26.3 Å². The summed E-state index contributed by atoms with van der Waals surface area (Å²) in [6, 6.07) is -0.631. The monoisotopic (exact) mass is 457 g/mol. The number of aromatic nitrogens is 2. The maximum atomic E-state index is 12.7. The number of aryl methyl sites for hydroxylation is 1. The summed E-state index contributed by atoms with van der Waals surface area (Å²) in [5, 5.41) is 7.21. The molecule has 10 heteroatoms. The molecule has 1 unspecified atom stereocenters. The molecule has 0 aliphatic rings. The molecule has 1 N–H and O–H groups in total. The van der Waals surface area contributed by atoms with Gasteiger partial charge in [0.25, 0.3) is 0 Å². The summed E-state index contributed by atoms with van der Waals surface area (Å²) in [5.74, 6) is -1.57. The van der Waals surface area contributed by atoms with E-state index in [4.69, 9.17) is 9.47 Å². The van der Waals surface area contributed by atoms with Crippen molar-refractivity contribution in [1.82, 2.24) is 9.78 Å². The van der Waals surface area contributed by atoms with Crippen molar-refractivity contribution in [3.63, 3.8) is 0 Å². The number of carbonyl (C=O) groups is 3. The number of amides is 1. The molecule has 0 saturated heterocycles. The molecule has 146 valence electrons. The van der Waals surface area contributed by atoms with Crippen molar-refractivity contribution in [2.45, 2.75) is 33.7 Å². The van der Waals surface area contributed by atoms with Crippen LogP contribution < -0.4 is 5.32 Å². The zero-order valence-corrected chi connectivity index (χ0v) is 18.0. The van der Waals surface area contributed by atoms with Crippen LogP contribution in [0.25, 0.3) is 0 Å². The van der Waals surface area contributed by atoms with Gasteiger partial charge in [0.2, 0.25) is 5.91 Å². The number of carbonyl (C=O) groups excluding carboxylic acids is 3. The highest BCUT2D eigenvalue weighted by atomic mass is 79.9. The Morgan fingerprint density at radius 3 is 2.52 bits per heavy atom. The largest absolute Gasteiger partial charge is 0.465 e. The minimum absolute atomic E-state index is 0.143. The van der Waals surface area contributed by atoms with E-state index in [9.17, 15) is 14.4 Å². The molecule has 0 aromatic carbocycles. The Kier molecular flexibility index (Phi) is 6.77. The topological polar surface area (TPSA) is 99.5 Å². The molecule has 0 fully saturated rings. The Labute approximate surface area is 169 Å². The Balaban J connectivity index is 2.35. The Bertz CT molecular complexity index is 870. The molecule has 0 aliphatic carbocycles. The number of esters is 2. The highest BCUT2D eigenvalue weighted by Gasteiger charge is 2.28. The van der Waals surface area contributed by atoms with Gasteiger partial charge >= 0.3 is 11.9 Å². The van der Waals surface area contributed by atoms with Gasteiger partial charge in [0.15, 0.2) is 0 Å². The molecule has 0 radical (unpaired) electrons. The van der Waals surface area contributed by atoms with Crippen LogP contribution in [0.4, 0.5) is 5.00 Å². The van der Waals surface area contributed by atoms with Gasteiger partial charge in [0, 0.05) is 6.20 Å². The molecule has 2 aromatic heterocycles. The summed E-state index contributed by atoms with van der Waals surface area (Å²) in [7, 11) is 1.24. The van der Waals surface area contributed by atoms with Crippen molar-refractivity contribution in [1.29, 1.82) is 0 Å². The normalized spacial score (nSPS) is 11.8. The van der Waals surface area contributed by atoms with Gasteiger partial charge in [-0.25, -0.2) is 9.59 Å². The first-order chi connectivity index (χ1) is 12.7. The SMILES string of the molecule is CCOC(=O)c1sc(NC(=O)C(C)n2cc(Br)c(C)n2)c(C(=O)OC)c1C. The molecule has 0 aliphatic heterocycles. The standard InChI is InChI=1S/C17H20BrN3O5S/c1-6-26-17(24)13-8(2)12(16(23)25-5)15(27-13)19-14(22)10(4)21-7-11(18)9(3)20-21/h7,10H,6H2,1-5H3,(H,19,22). The van der Waals surface area contributed by atoms with Crippen molar-refractivity contribution in [3.8, 4) is 0 Å². The van der Waals surface area contributed by atoms with Gasteiger partial charge in [-0.2, -0.15) is 5.10 Å². The number of nitrogens with one attached hydrogen (secondary N) is 1. The van der Waals surface area contributed by atoms with Crippen molar-refractivity contribution in [2.75, 3.05) is 19.0 Å². The van der Waals surface area contributed by atoms with Gasteiger partial charge in [0.1, 0.15) is 15.9 Å². The second-order valence-electron chi connectivity index (χ2n) is 5.68. The lowest BCUT2D eigenvalue weighted by Gasteiger charge is -2.12. The fourth-order valence-electron chi connectivity index (χ4n) is 2.34. The maximum Gasteiger partial charge on any atom is 0.348 e. The van der Waals surface area contributed by atoms with Crippen LogP contribution >= 0.6 is 27.3 Å². The van der Waals surface area contributed by atoms with Gasteiger partial charge in [-0.3, -0.25) is 9.48 Å². The lowest BCUT2D eigenvalue weighted by molar-refractivity contribution is -0.119. The van der Waals surface area contributed by atoms with E-state index in [0.29, 0.717) is 5.56 Å². The average Bonchev–Trinajstić information content (AvgIpc) is 3.13. The number of hydrogen-bond donors (Lipinski definition) is 1. The van der Waals surface area contributed by atoms with Crippen LogP contribution in [0.2, 0.25) is 0 Å². The fraction of sp³-hybridized carbons (Fsp3) is 0.412. The van der Waals surface area contributed by atoms with Crippen LogP contribution in [-0.2, 0) is 14.3 Å². The zero-order valence-electron chi connectivity index (χ0n) is 15.6. The van der Waals surface area contributed by atoms with E-state index >= 15 is 0 Å². The lowest BCUT2D eigenvalue weighted by atomic mass is 10.1. The van der Waals surface area contributed by atoms with Gasteiger partial charge < -0.3 is 14.8 Å². The van der Waals surface area contributed by atoms with E-state index in [-0.39, 0.29) is 28.0 Å². The van der Waals surface area contributed by atoms with Crippen molar-refractivity contribution in [3.05, 3.63) is 32.4 Å². The number of rotatable bonds is 6. The maximum absolute atomic E-state index is 12.7. The minimum Gasteiger partial charge on any atom is -0.465 e. The number of hydrogen-bond acceptors (Lipinski definition) is 7. The number of methoxy groups -OCH3 is 1. The summed E-state index contributed by atoms with van der Waals surface area (Å²) >= 11 is 4.34. The molecule has 1 atom stereocenters. The highest BCUT2D eigenvalue weighted by molar-refractivity contribution is 9.10. The first-order valence-electron chi connectivity index (χ1n) is 8.12. The first kappa shape index (κ1) is 21.1. The van der Waals surface area contributed by atoms with Crippen LogP contribution in [0.1, 0.15) is 51.2 Å². The molecule has 0 bridgehead atoms. The molecule has 1 amide bonds. The van der Waals surface area contributed by atoms with Crippen LogP contribution in [0.15, 0.2) is 10.7 Å². The van der Waals surface area contributed by atoms with Crippen LogP contribution in [0, 0.1) is 13.8 Å². The second-order valence-corrected chi connectivity index (χ2v) is 7.56. The molecular formula is C17H20BrN3O5S. The quantitative estimate of drug-likeness (QED) is 0.666. The lowest BCUT2D eigenvalue weighted by Crippen LogP contribution is -2.24. The highest BCUT2D eigenvalue weighted by Crippen LogP contribution is 2.34. The summed E-state index contributed by atoms with van der Waals surface area (Å²) in [6.07, 6.45) is 1.70. The molecule has 0 saturated carbocycles. The third kappa shape index (κ3) is 4.38. The third-order valence-electron chi connectivity index (χ3n) is 3.87. The van der Waals surface area contributed by atoms with Gasteiger partial charge in [0.05, 0.1) is 29.4 Å². The van der Waals surface area contributed by atoms with Crippen molar-refractivity contribution in [2.24, 2.45) is 0 Å². The van der Waals surface area contributed by atoms with Crippen LogP contribution in [-0.4, -0.2) is 41.3 Å². The third-order valence-corrected chi connectivity index (χ3v) is 5.83. The Morgan fingerprint density at radius 2 is 2.00 bits per heavy atom. The Morgan fingerprint density at radius 1 is 1.33 bits per heavy atom. The first-order valence-corrected chi connectivity index (χ1v) is 9.73. The van der Waals surface area contributed by atoms with Crippen molar-refractivity contribution >= 4 is 50.1 Å². The zero-order chi connectivity index (χ0) is 20.3. The van der Waals surface area contributed by atoms with E-state index in [1.54, 1.807) is 27.0 Å². The van der Waals surface area contributed by atoms with E-state index in [0.717, 1.165) is 21.5 Å². The Hall–Kier alpha value is -2.20. The van der Waals surface area contributed by atoms with E-state index in [1.807, 2.05) is 6.92 Å². The van der Waals surface area contributed by atoms with Gasteiger partial charge in [-0.05, 0) is 49.2 Å².